The van der Waals surface area contributed by atoms with E-state index in [0.717, 1.165) is 12.1 Å². The molecule has 0 saturated carbocycles. The molecule has 2 N–H and O–H groups in total. The summed E-state index contributed by atoms with van der Waals surface area (Å²) in [6, 6.07) is 4.28. The fourth-order valence-electron chi connectivity index (χ4n) is 2.47. The van der Waals surface area contributed by atoms with Crippen molar-refractivity contribution in [3.05, 3.63) is 35.4 Å². The van der Waals surface area contributed by atoms with E-state index < -0.39 is 34.2 Å². The summed E-state index contributed by atoms with van der Waals surface area (Å²) >= 11 is 0. The number of nitrogens with zero attached hydrogens (tertiary/aromatic N) is 1. The second-order valence-electron chi connectivity index (χ2n) is 4.90. The maximum Gasteiger partial charge on any atom is 0.416 e. The van der Waals surface area contributed by atoms with Crippen molar-refractivity contribution in [2.24, 2.45) is 5.14 Å². The van der Waals surface area contributed by atoms with Crippen molar-refractivity contribution in [1.29, 1.82) is 0 Å². The molecule has 1 aromatic rings. The molecule has 21 heavy (non-hydrogen) atoms. The first-order valence-electron chi connectivity index (χ1n) is 6.21. The number of benzene rings is 1. The monoisotopic (exact) mass is 326 g/mol. The van der Waals surface area contributed by atoms with Crippen LogP contribution in [-0.4, -0.2) is 25.6 Å². The van der Waals surface area contributed by atoms with Crippen LogP contribution in [0.3, 0.4) is 0 Å². The fourth-order valence-corrected chi connectivity index (χ4v) is 3.28. The molecule has 2 rings (SSSR count). The molecule has 9 heteroatoms. The molecule has 1 aliphatic rings. The molecule has 118 valence electrons. The average molecular weight is 326 g/mol. The predicted octanol–water partition coefficient (Wildman–Crippen LogP) is 2.38. The van der Waals surface area contributed by atoms with Crippen molar-refractivity contribution in [2.75, 3.05) is 6.54 Å². The molecular formula is C12H14F4N2O2S. The van der Waals surface area contributed by atoms with Crippen molar-refractivity contribution in [2.45, 2.75) is 31.2 Å². The Bertz CT molecular complexity index is 618. The molecule has 1 aromatic carbocycles. The summed E-state index contributed by atoms with van der Waals surface area (Å²) in [7, 11) is -4.22. The molecule has 0 radical (unpaired) electrons. The van der Waals surface area contributed by atoms with Gasteiger partial charge in [-0.05, 0) is 24.5 Å². The van der Waals surface area contributed by atoms with E-state index in [1.807, 2.05) is 0 Å². The quantitative estimate of drug-likeness (QED) is 0.670. The van der Waals surface area contributed by atoms with Gasteiger partial charge in [-0.3, -0.25) is 0 Å². The zero-order chi connectivity index (χ0) is 15.8. The van der Waals surface area contributed by atoms with Crippen LogP contribution < -0.4 is 5.14 Å². The molecule has 1 saturated heterocycles. The van der Waals surface area contributed by atoms with Crippen LogP contribution in [0.4, 0.5) is 17.6 Å². The van der Waals surface area contributed by atoms with Crippen molar-refractivity contribution >= 4 is 10.2 Å². The molecule has 0 spiro atoms. The molecule has 0 amide bonds. The summed E-state index contributed by atoms with van der Waals surface area (Å²) < 4.78 is 75.4. The third-order valence-electron chi connectivity index (χ3n) is 3.47. The molecule has 1 heterocycles. The Hall–Kier alpha value is -1.19. The Morgan fingerprint density at radius 2 is 1.95 bits per heavy atom. The van der Waals surface area contributed by atoms with Gasteiger partial charge < -0.3 is 0 Å². The largest absolute Gasteiger partial charge is 0.416 e. The van der Waals surface area contributed by atoms with Crippen LogP contribution in [0, 0.1) is 0 Å². The molecule has 2 atom stereocenters. The highest BCUT2D eigenvalue weighted by Gasteiger charge is 2.39. The van der Waals surface area contributed by atoms with Crippen molar-refractivity contribution < 1.29 is 26.0 Å². The van der Waals surface area contributed by atoms with Gasteiger partial charge in [0.25, 0.3) is 10.2 Å². The van der Waals surface area contributed by atoms with E-state index in [1.165, 1.54) is 12.1 Å². The van der Waals surface area contributed by atoms with Crippen LogP contribution >= 0.6 is 0 Å². The summed E-state index contributed by atoms with van der Waals surface area (Å²) in [6.07, 6.45) is -5.90. The molecule has 0 aliphatic carbocycles. The zero-order valence-electron chi connectivity index (χ0n) is 10.8. The van der Waals surface area contributed by atoms with Gasteiger partial charge in [0, 0.05) is 12.5 Å². The summed E-state index contributed by atoms with van der Waals surface area (Å²) in [6.45, 7) is -0.0739. The lowest BCUT2D eigenvalue weighted by Crippen LogP contribution is -2.48. The van der Waals surface area contributed by atoms with E-state index in [9.17, 15) is 26.0 Å². The highest BCUT2D eigenvalue weighted by molar-refractivity contribution is 7.86. The molecule has 0 bridgehead atoms. The second kappa shape index (κ2) is 5.54. The Balaban J connectivity index is 2.33. The maximum atomic E-state index is 14.3. The summed E-state index contributed by atoms with van der Waals surface area (Å²) in [5.41, 5.74) is -0.773. The summed E-state index contributed by atoms with van der Waals surface area (Å²) in [5, 5.41) is 4.92. The van der Waals surface area contributed by atoms with Gasteiger partial charge in [-0.15, -0.1) is 0 Å². The van der Waals surface area contributed by atoms with Crippen molar-refractivity contribution in [1.82, 2.24) is 4.31 Å². The number of piperidine rings is 1. The SMILES string of the molecule is NS(=O)(=O)N1CCCC(c2cccc(C(F)(F)F)c2)C1F. The van der Waals surface area contributed by atoms with Gasteiger partial charge >= 0.3 is 6.18 Å². The molecular weight excluding hydrogens is 312 g/mol. The molecule has 4 nitrogen and oxygen atoms in total. The Morgan fingerprint density at radius 3 is 2.52 bits per heavy atom. The highest BCUT2D eigenvalue weighted by atomic mass is 32.2. The second-order valence-corrected chi connectivity index (χ2v) is 6.40. The minimum absolute atomic E-state index is 0.0739. The Labute approximate surface area is 119 Å². The van der Waals surface area contributed by atoms with E-state index in [2.05, 4.69) is 0 Å². The van der Waals surface area contributed by atoms with E-state index >= 15 is 0 Å². The Kier molecular flexibility index (Phi) is 4.27. The van der Waals surface area contributed by atoms with Gasteiger partial charge in [-0.1, -0.05) is 18.2 Å². The first-order chi connectivity index (χ1) is 9.60. The van der Waals surface area contributed by atoms with Crippen LogP contribution in [-0.2, 0) is 16.4 Å². The minimum Gasteiger partial charge on any atom is -0.228 e. The van der Waals surface area contributed by atoms with Gasteiger partial charge in [0.2, 0.25) is 0 Å². The Morgan fingerprint density at radius 1 is 1.29 bits per heavy atom. The minimum atomic E-state index is -4.53. The number of alkyl halides is 4. The van der Waals surface area contributed by atoms with E-state index in [1.54, 1.807) is 0 Å². The standard InChI is InChI=1S/C12H14F4N2O2S/c13-11-10(5-2-6-18(11)21(17,19)20)8-3-1-4-9(7-8)12(14,15)16/h1,3-4,7,10-11H,2,5-6H2,(H2,17,19,20). The van der Waals surface area contributed by atoms with Crippen LogP contribution in [0.15, 0.2) is 24.3 Å². The third-order valence-corrected chi connectivity index (χ3v) is 4.51. The predicted molar refractivity (Wildman–Crippen MR) is 68.1 cm³/mol. The van der Waals surface area contributed by atoms with Crippen molar-refractivity contribution in [3.8, 4) is 0 Å². The first kappa shape index (κ1) is 16.2. The summed E-state index contributed by atoms with van der Waals surface area (Å²) in [4.78, 5) is 0. The normalized spacial score (nSPS) is 25.0. The number of nitrogens with two attached hydrogens (primary N) is 1. The van der Waals surface area contributed by atoms with Gasteiger partial charge in [0.15, 0.2) is 6.30 Å². The van der Waals surface area contributed by atoms with E-state index in [0.29, 0.717) is 10.7 Å². The average Bonchev–Trinajstić information content (AvgIpc) is 2.37. The fraction of sp³-hybridized carbons (Fsp3) is 0.500. The van der Waals surface area contributed by atoms with Crippen LogP contribution in [0.1, 0.15) is 29.9 Å². The lowest BCUT2D eigenvalue weighted by atomic mass is 9.89. The van der Waals surface area contributed by atoms with Crippen LogP contribution in [0.5, 0.6) is 0 Å². The smallest absolute Gasteiger partial charge is 0.228 e. The molecule has 0 aromatic heterocycles. The van der Waals surface area contributed by atoms with Crippen LogP contribution in [0.25, 0.3) is 0 Å². The van der Waals surface area contributed by atoms with Gasteiger partial charge in [0.05, 0.1) is 5.56 Å². The highest BCUT2D eigenvalue weighted by Crippen LogP contribution is 2.37. The van der Waals surface area contributed by atoms with Gasteiger partial charge in [-0.2, -0.15) is 25.9 Å². The number of rotatable bonds is 2. The van der Waals surface area contributed by atoms with Crippen molar-refractivity contribution in [3.63, 3.8) is 0 Å². The number of hydrogen-bond donors (Lipinski definition) is 1. The zero-order valence-corrected chi connectivity index (χ0v) is 11.7. The molecule has 2 unspecified atom stereocenters. The van der Waals surface area contributed by atoms with E-state index in [-0.39, 0.29) is 18.5 Å². The number of hydrogen-bond acceptors (Lipinski definition) is 2. The lowest BCUT2D eigenvalue weighted by Gasteiger charge is -2.34. The van der Waals surface area contributed by atoms with Gasteiger partial charge in [0.1, 0.15) is 0 Å². The summed E-state index contributed by atoms with van der Waals surface area (Å²) in [5.74, 6) is -0.959. The number of halogens is 4. The van der Waals surface area contributed by atoms with Crippen LogP contribution in [0.2, 0.25) is 0 Å². The first-order valence-corrected chi connectivity index (χ1v) is 7.72. The third kappa shape index (κ3) is 3.53. The maximum absolute atomic E-state index is 14.3. The molecule has 1 aliphatic heterocycles. The lowest BCUT2D eigenvalue weighted by molar-refractivity contribution is -0.137. The molecule has 1 fully saturated rings. The van der Waals surface area contributed by atoms with E-state index in [4.69, 9.17) is 5.14 Å². The topological polar surface area (TPSA) is 63.4 Å². The van der Waals surface area contributed by atoms with Gasteiger partial charge in [-0.25, -0.2) is 9.53 Å².